The first-order valence-corrected chi connectivity index (χ1v) is 10.6. The summed E-state index contributed by atoms with van der Waals surface area (Å²) in [6.07, 6.45) is 0. The second-order valence-corrected chi connectivity index (χ2v) is 7.44. The summed E-state index contributed by atoms with van der Waals surface area (Å²) < 4.78 is 7.79. The molecule has 0 spiro atoms. The third-order valence-electron chi connectivity index (χ3n) is 5.66. The molecule has 0 aliphatic heterocycles. The highest BCUT2D eigenvalue weighted by Crippen LogP contribution is 2.29. The zero-order valence-corrected chi connectivity index (χ0v) is 17.6. The van der Waals surface area contributed by atoms with Gasteiger partial charge in [-0.1, -0.05) is 30.3 Å². The van der Waals surface area contributed by atoms with E-state index >= 15 is 0 Å². The van der Waals surface area contributed by atoms with Gasteiger partial charge in [0, 0.05) is 35.9 Å². The normalized spacial score (nSPS) is 11.3. The number of hydrogen-bond donors (Lipinski definition) is 0. The molecular formula is C26H23N3O2. The molecule has 31 heavy (non-hydrogen) atoms. The van der Waals surface area contributed by atoms with Crippen LogP contribution in [0.25, 0.3) is 39.1 Å². The average Bonchev–Trinajstić information content (AvgIpc) is 3.19. The van der Waals surface area contributed by atoms with E-state index in [4.69, 9.17) is 9.40 Å². The lowest BCUT2D eigenvalue weighted by atomic mass is 10.1. The Balaban J connectivity index is 1.74. The van der Waals surface area contributed by atoms with Crippen LogP contribution in [0.15, 0.2) is 88.1 Å². The Morgan fingerprint density at radius 3 is 2.42 bits per heavy atom. The maximum absolute atomic E-state index is 13.1. The van der Waals surface area contributed by atoms with Gasteiger partial charge in [-0.25, -0.2) is 9.78 Å². The van der Waals surface area contributed by atoms with Crippen LogP contribution in [-0.2, 0) is 0 Å². The summed E-state index contributed by atoms with van der Waals surface area (Å²) in [6.45, 7) is 6.01. The standard InChI is InChI=1S/C26H23N3O2/c1-3-28(4-2)20-15-14-18-16-21(26(30)31-24(18)17-20)25-27-22-12-8-9-13-23(22)29(25)19-10-6-5-7-11-19/h5-17H,3-4H2,1-2H3. The minimum Gasteiger partial charge on any atom is -0.422 e. The van der Waals surface area contributed by atoms with Crippen molar-refractivity contribution < 1.29 is 4.42 Å². The molecule has 0 aliphatic carbocycles. The molecule has 0 unspecified atom stereocenters. The van der Waals surface area contributed by atoms with Gasteiger partial charge in [-0.3, -0.25) is 4.57 Å². The summed E-state index contributed by atoms with van der Waals surface area (Å²) in [4.78, 5) is 20.1. The molecule has 5 aromatic rings. The van der Waals surface area contributed by atoms with Crippen molar-refractivity contribution in [3.8, 4) is 17.1 Å². The van der Waals surface area contributed by atoms with Gasteiger partial charge >= 0.3 is 5.63 Å². The Kier molecular flexibility index (Phi) is 4.79. The van der Waals surface area contributed by atoms with E-state index in [9.17, 15) is 4.79 Å². The van der Waals surface area contributed by atoms with Gasteiger partial charge < -0.3 is 9.32 Å². The molecule has 0 aliphatic rings. The number of para-hydroxylation sites is 3. The molecule has 0 saturated heterocycles. The minimum atomic E-state index is -0.392. The third-order valence-corrected chi connectivity index (χ3v) is 5.66. The predicted molar refractivity (Wildman–Crippen MR) is 126 cm³/mol. The number of rotatable bonds is 5. The lowest BCUT2D eigenvalue weighted by molar-refractivity contribution is 0.562. The average molecular weight is 409 g/mol. The van der Waals surface area contributed by atoms with E-state index in [0.717, 1.165) is 40.9 Å². The van der Waals surface area contributed by atoms with Crippen molar-refractivity contribution in [1.82, 2.24) is 9.55 Å². The van der Waals surface area contributed by atoms with Crippen molar-refractivity contribution in [3.05, 3.63) is 89.3 Å². The van der Waals surface area contributed by atoms with E-state index in [1.807, 2.05) is 77.4 Å². The maximum atomic E-state index is 13.1. The second kappa shape index (κ2) is 7.76. The largest absolute Gasteiger partial charge is 0.422 e. The van der Waals surface area contributed by atoms with E-state index in [-0.39, 0.29) is 0 Å². The summed E-state index contributed by atoms with van der Waals surface area (Å²) in [5.41, 5.74) is 4.41. The van der Waals surface area contributed by atoms with E-state index in [2.05, 4.69) is 24.8 Å². The molecule has 5 rings (SSSR count). The molecule has 2 aromatic heterocycles. The Bertz CT molecular complexity index is 1430. The fraction of sp³-hybridized carbons (Fsp3) is 0.154. The van der Waals surface area contributed by atoms with Crippen LogP contribution in [0.5, 0.6) is 0 Å². The smallest absolute Gasteiger partial charge is 0.347 e. The SMILES string of the molecule is CCN(CC)c1ccc2cc(-c3nc4ccccc4n3-c3ccccc3)c(=O)oc2c1. The molecule has 0 bridgehead atoms. The number of hydrogen-bond acceptors (Lipinski definition) is 4. The minimum absolute atomic E-state index is 0.392. The lowest BCUT2D eigenvalue weighted by Gasteiger charge is -2.21. The van der Waals surface area contributed by atoms with Gasteiger partial charge in [0.15, 0.2) is 5.82 Å². The van der Waals surface area contributed by atoms with Crippen LogP contribution in [0.4, 0.5) is 5.69 Å². The fourth-order valence-electron chi connectivity index (χ4n) is 4.09. The van der Waals surface area contributed by atoms with E-state index < -0.39 is 5.63 Å². The number of aromatic nitrogens is 2. The monoisotopic (exact) mass is 409 g/mol. The molecule has 0 saturated carbocycles. The third kappa shape index (κ3) is 3.28. The van der Waals surface area contributed by atoms with Crippen LogP contribution in [0, 0.1) is 0 Å². The highest BCUT2D eigenvalue weighted by molar-refractivity contribution is 5.87. The van der Waals surface area contributed by atoms with Crippen LogP contribution >= 0.6 is 0 Å². The molecule has 154 valence electrons. The lowest BCUT2D eigenvalue weighted by Crippen LogP contribution is -2.21. The van der Waals surface area contributed by atoms with Crippen molar-refractivity contribution in [2.45, 2.75) is 13.8 Å². The van der Waals surface area contributed by atoms with Crippen LogP contribution in [0.1, 0.15) is 13.8 Å². The highest BCUT2D eigenvalue weighted by atomic mass is 16.4. The zero-order chi connectivity index (χ0) is 21.4. The summed E-state index contributed by atoms with van der Waals surface area (Å²) in [6, 6.07) is 25.7. The Hall–Kier alpha value is -3.86. The maximum Gasteiger partial charge on any atom is 0.347 e. The van der Waals surface area contributed by atoms with Crippen LogP contribution in [0.3, 0.4) is 0 Å². The first-order chi connectivity index (χ1) is 15.2. The molecule has 5 heteroatoms. The molecule has 0 N–H and O–H groups in total. The van der Waals surface area contributed by atoms with E-state index in [1.165, 1.54) is 0 Å². The number of anilines is 1. The van der Waals surface area contributed by atoms with Gasteiger partial charge in [0.2, 0.25) is 0 Å². The molecule has 0 atom stereocenters. The van der Waals surface area contributed by atoms with Crippen molar-refractivity contribution in [1.29, 1.82) is 0 Å². The Labute approximate surface area is 180 Å². The van der Waals surface area contributed by atoms with Crippen LogP contribution in [-0.4, -0.2) is 22.6 Å². The van der Waals surface area contributed by atoms with Crippen molar-refractivity contribution >= 4 is 27.7 Å². The summed E-state index contributed by atoms with van der Waals surface area (Å²) in [7, 11) is 0. The Morgan fingerprint density at radius 2 is 1.65 bits per heavy atom. The van der Waals surface area contributed by atoms with Gasteiger partial charge in [0.25, 0.3) is 0 Å². The molecule has 0 radical (unpaired) electrons. The van der Waals surface area contributed by atoms with Crippen molar-refractivity contribution in [3.63, 3.8) is 0 Å². The highest BCUT2D eigenvalue weighted by Gasteiger charge is 2.18. The molecule has 5 nitrogen and oxygen atoms in total. The van der Waals surface area contributed by atoms with Gasteiger partial charge in [-0.15, -0.1) is 0 Å². The van der Waals surface area contributed by atoms with Gasteiger partial charge in [0.05, 0.1) is 11.0 Å². The van der Waals surface area contributed by atoms with Crippen molar-refractivity contribution in [2.75, 3.05) is 18.0 Å². The fourth-order valence-corrected chi connectivity index (χ4v) is 4.09. The predicted octanol–water partition coefficient (Wildman–Crippen LogP) is 5.65. The van der Waals surface area contributed by atoms with Crippen LogP contribution < -0.4 is 10.5 Å². The number of benzene rings is 3. The van der Waals surface area contributed by atoms with Crippen molar-refractivity contribution in [2.24, 2.45) is 0 Å². The first kappa shape index (κ1) is 19.1. The molecule has 3 aromatic carbocycles. The Morgan fingerprint density at radius 1 is 0.903 bits per heavy atom. The second-order valence-electron chi connectivity index (χ2n) is 7.44. The summed E-state index contributed by atoms with van der Waals surface area (Å²) >= 11 is 0. The topological polar surface area (TPSA) is 51.3 Å². The van der Waals surface area contributed by atoms with E-state index in [1.54, 1.807) is 0 Å². The van der Waals surface area contributed by atoms with Crippen LogP contribution in [0.2, 0.25) is 0 Å². The summed E-state index contributed by atoms with van der Waals surface area (Å²) in [5, 5.41) is 0.872. The number of imidazole rings is 1. The molecular weight excluding hydrogens is 386 g/mol. The first-order valence-electron chi connectivity index (χ1n) is 10.6. The number of nitrogens with zero attached hydrogens (tertiary/aromatic N) is 3. The van der Waals surface area contributed by atoms with E-state index in [0.29, 0.717) is 17.0 Å². The molecule has 0 fully saturated rings. The molecule has 2 heterocycles. The van der Waals surface area contributed by atoms with Gasteiger partial charge in [0.1, 0.15) is 11.1 Å². The van der Waals surface area contributed by atoms with Gasteiger partial charge in [-0.2, -0.15) is 0 Å². The number of fused-ring (bicyclic) bond motifs is 2. The van der Waals surface area contributed by atoms with Gasteiger partial charge in [-0.05, 0) is 56.3 Å². The zero-order valence-electron chi connectivity index (χ0n) is 17.6. The summed E-state index contributed by atoms with van der Waals surface area (Å²) in [5.74, 6) is 0.580. The quantitative estimate of drug-likeness (QED) is 0.352. The molecule has 0 amide bonds.